The highest BCUT2D eigenvalue weighted by Gasteiger charge is 2.21. The molecule has 5 aromatic rings. The van der Waals surface area contributed by atoms with Gasteiger partial charge in [0, 0.05) is 34.3 Å². The van der Waals surface area contributed by atoms with Crippen molar-refractivity contribution < 1.29 is 19.0 Å². The molecule has 0 aliphatic rings. The van der Waals surface area contributed by atoms with Gasteiger partial charge in [-0.1, -0.05) is 11.6 Å². The fourth-order valence-corrected chi connectivity index (χ4v) is 5.95. The molecule has 0 aliphatic heterocycles. The summed E-state index contributed by atoms with van der Waals surface area (Å²) >= 11 is 7.57. The molecule has 3 heterocycles. The Labute approximate surface area is 242 Å². The minimum Gasteiger partial charge on any atom is -0.491 e. The maximum absolute atomic E-state index is 15.0. The van der Waals surface area contributed by atoms with Crippen LogP contribution in [0.4, 0.5) is 4.39 Å². The van der Waals surface area contributed by atoms with Crippen molar-refractivity contribution in [1.29, 1.82) is 5.26 Å². The van der Waals surface area contributed by atoms with Gasteiger partial charge < -0.3 is 14.7 Å². The Morgan fingerprint density at radius 3 is 2.73 bits per heavy atom. The number of ether oxygens (including phenoxy) is 1. The predicted molar refractivity (Wildman–Crippen MR) is 155 cm³/mol. The van der Waals surface area contributed by atoms with E-state index < -0.39 is 17.3 Å². The molecule has 0 saturated carbocycles. The quantitative estimate of drug-likeness (QED) is 0.252. The van der Waals surface area contributed by atoms with Crippen LogP contribution in [0.5, 0.6) is 5.75 Å². The SMILES string of the molecule is Cc1nc2c(F)cc(CN(C)C)c(C#N)c2c(=O)n1CCOc1ccc(Cl)cc1-c1ccnc2c(C(=O)O)csc12. The van der Waals surface area contributed by atoms with Gasteiger partial charge in [0.1, 0.15) is 35.6 Å². The first-order valence-electron chi connectivity index (χ1n) is 12.4. The van der Waals surface area contributed by atoms with Gasteiger partial charge >= 0.3 is 5.97 Å². The zero-order valence-corrected chi connectivity index (χ0v) is 23.8. The van der Waals surface area contributed by atoms with Gasteiger partial charge in [0.05, 0.1) is 33.3 Å². The number of nitriles is 1. The number of halogens is 2. The Morgan fingerprint density at radius 2 is 2.02 bits per heavy atom. The van der Waals surface area contributed by atoms with Crippen LogP contribution in [-0.2, 0) is 13.1 Å². The first-order valence-corrected chi connectivity index (χ1v) is 13.7. The number of nitrogens with zero attached hydrogens (tertiary/aromatic N) is 5. The Bertz CT molecular complexity index is 1950. The summed E-state index contributed by atoms with van der Waals surface area (Å²) < 4.78 is 23.1. The third-order valence-corrected chi connectivity index (χ3v) is 7.78. The fourth-order valence-electron chi connectivity index (χ4n) is 4.75. The van der Waals surface area contributed by atoms with E-state index in [1.807, 2.05) is 0 Å². The number of hydrogen-bond acceptors (Lipinski definition) is 8. The summed E-state index contributed by atoms with van der Waals surface area (Å²) in [5.41, 5.74) is 1.64. The predicted octanol–water partition coefficient (Wildman–Crippen LogP) is 5.48. The highest BCUT2D eigenvalue weighted by atomic mass is 35.5. The van der Waals surface area contributed by atoms with Crippen molar-refractivity contribution >= 4 is 50.0 Å². The average Bonchev–Trinajstić information content (AvgIpc) is 3.36. The molecule has 0 saturated heterocycles. The van der Waals surface area contributed by atoms with Crippen molar-refractivity contribution in [3.63, 3.8) is 0 Å². The second kappa shape index (κ2) is 11.2. The summed E-state index contributed by atoms with van der Waals surface area (Å²) in [6.45, 7) is 2.00. The summed E-state index contributed by atoms with van der Waals surface area (Å²) in [6.07, 6.45) is 1.53. The molecule has 9 nitrogen and oxygen atoms in total. The second-order valence-corrected chi connectivity index (χ2v) is 10.9. The van der Waals surface area contributed by atoms with Crippen LogP contribution < -0.4 is 10.3 Å². The number of carboxylic acid groups (broad SMARTS) is 1. The highest BCUT2D eigenvalue weighted by Crippen LogP contribution is 2.39. The van der Waals surface area contributed by atoms with Crippen LogP contribution in [0.25, 0.3) is 32.2 Å². The lowest BCUT2D eigenvalue weighted by Gasteiger charge is -2.17. The summed E-state index contributed by atoms with van der Waals surface area (Å²) in [6, 6.07) is 10.2. The van der Waals surface area contributed by atoms with E-state index in [2.05, 4.69) is 16.0 Å². The van der Waals surface area contributed by atoms with Crippen molar-refractivity contribution in [3.8, 4) is 22.9 Å². The molecular formula is C29H23ClFN5O4S. The van der Waals surface area contributed by atoms with Crippen LogP contribution >= 0.6 is 22.9 Å². The zero-order chi connectivity index (χ0) is 29.4. The van der Waals surface area contributed by atoms with Crippen molar-refractivity contribution in [3.05, 3.63) is 85.6 Å². The number of carboxylic acids is 1. The van der Waals surface area contributed by atoms with Crippen LogP contribution in [0.1, 0.15) is 27.3 Å². The normalized spacial score (nSPS) is 11.3. The minimum atomic E-state index is -1.07. The molecule has 2 aromatic carbocycles. The number of benzene rings is 2. The third-order valence-electron chi connectivity index (χ3n) is 6.55. The maximum atomic E-state index is 15.0. The summed E-state index contributed by atoms with van der Waals surface area (Å²) in [5.74, 6) is -0.986. The molecule has 1 N–H and O–H groups in total. The van der Waals surface area contributed by atoms with Gasteiger partial charge in [-0.05, 0) is 56.9 Å². The molecule has 0 amide bonds. The molecule has 5 rings (SSSR count). The summed E-state index contributed by atoms with van der Waals surface area (Å²) in [4.78, 5) is 35.5. The maximum Gasteiger partial charge on any atom is 0.338 e. The number of aromatic nitrogens is 3. The smallest absolute Gasteiger partial charge is 0.338 e. The minimum absolute atomic E-state index is 0.0450. The Morgan fingerprint density at radius 1 is 1.24 bits per heavy atom. The van der Waals surface area contributed by atoms with E-state index >= 15 is 0 Å². The van der Waals surface area contributed by atoms with Crippen molar-refractivity contribution in [2.75, 3.05) is 20.7 Å². The monoisotopic (exact) mass is 591 g/mol. The molecule has 3 aromatic heterocycles. The third kappa shape index (κ3) is 5.25. The standard InChI is InChI=1S/C29H23ClFN5O4S/c1-15-34-26-22(31)10-16(13-35(2)3)20(12-32)24(26)28(37)36(15)8-9-40-23-5-4-17(30)11-19(23)18-6-7-33-25-21(29(38)39)14-41-27(18)25/h4-7,10-11,14H,8-9,13H2,1-3H3,(H,38,39). The van der Waals surface area contributed by atoms with Gasteiger partial charge in [0.15, 0.2) is 0 Å². The van der Waals surface area contributed by atoms with E-state index in [0.717, 1.165) is 0 Å². The van der Waals surface area contributed by atoms with E-state index in [4.69, 9.17) is 16.3 Å². The molecule has 0 atom stereocenters. The van der Waals surface area contributed by atoms with Gasteiger partial charge in [-0.15, -0.1) is 11.3 Å². The Hall–Kier alpha value is -4.37. The van der Waals surface area contributed by atoms with Crippen LogP contribution in [0.2, 0.25) is 5.02 Å². The van der Waals surface area contributed by atoms with Gasteiger partial charge in [0.25, 0.3) is 5.56 Å². The van der Waals surface area contributed by atoms with E-state index in [0.29, 0.717) is 37.7 Å². The number of aromatic carboxylic acids is 1. The number of hydrogen-bond donors (Lipinski definition) is 1. The lowest BCUT2D eigenvalue weighted by Crippen LogP contribution is -2.28. The van der Waals surface area contributed by atoms with E-state index in [1.165, 1.54) is 28.2 Å². The fraction of sp³-hybridized carbons (Fsp3) is 0.207. The number of fused-ring (bicyclic) bond motifs is 2. The molecule has 0 unspecified atom stereocenters. The Kier molecular flexibility index (Phi) is 7.73. The number of carbonyl (C=O) groups is 1. The molecule has 208 valence electrons. The van der Waals surface area contributed by atoms with Gasteiger partial charge in [-0.2, -0.15) is 5.26 Å². The first kappa shape index (κ1) is 28.2. The van der Waals surface area contributed by atoms with Crippen LogP contribution in [0, 0.1) is 24.1 Å². The Balaban J connectivity index is 1.51. The van der Waals surface area contributed by atoms with Crippen LogP contribution in [0.15, 0.2) is 46.7 Å². The molecule has 0 bridgehead atoms. The van der Waals surface area contributed by atoms with E-state index in [9.17, 15) is 24.3 Å². The van der Waals surface area contributed by atoms with Crippen LogP contribution in [-0.4, -0.2) is 51.2 Å². The van der Waals surface area contributed by atoms with Crippen LogP contribution in [0.3, 0.4) is 0 Å². The van der Waals surface area contributed by atoms with Crippen molar-refractivity contribution in [1.82, 2.24) is 19.4 Å². The lowest BCUT2D eigenvalue weighted by atomic mass is 10.0. The van der Waals surface area contributed by atoms with Crippen molar-refractivity contribution in [2.24, 2.45) is 0 Å². The van der Waals surface area contributed by atoms with E-state index in [1.54, 1.807) is 55.6 Å². The van der Waals surface area contributed by atoms with Gasteiger partial charge in [0.2, 0.25) is 0 Å². The number of rotatable bonds is 8. The van der Waals surface area contributed by atoms with E-state index in [-0.39, 0.29) is 47.6 Å². The molecule has 0 spiro atoms. The number of pyridine rings is 1. The highest BCUT2D eigenvalue weighted by molar-refractivity contribution is 7.18. The number of aryl methyl sites for hydroxylation is 1. The molecule has 12 heteroatoms. The molecule has 0 fully saturated rings. The van der Waals surface area contributed by atoms with Gasteiger partial charge in [-0.3, -0.25) is 14.3 Å². The first-order chi connectivity index (χ1) is 19.6. The molecule has 0 radical (unpaired) electrons. The second-order valence-electron chi connectivity index (χ2n) is 9.56. The number of thiophene rings is 1. The average molecular weight is 592 g/mol. The summed E-state index contributed by atoms with van der Waals surface area (Å²) in [5, 5.41) is 21.3. The van der Waals surface area contributed by atoms with Crippen molar-refractivity contribution in [2.45, 2.75) is 20.0 Å². The lowest BCUT2D eigenvalue weighted by molar-refractivity contribution is 0.0699. The molecule has 41 heavy (non-hydrogen) atoms. The molecular weight excluding hydrogens is 569 g/mol. The molecule has 0 aliphatic carbocycles. The summed E-state index contributed by atoms with van der Waals surface area (Å²) in [7, 11) is 3.58. The largest absolute Gasteiger partial charge is 0.491 e. The topological polar surface area (TPSA) is 121 Å². The zero-order valence-electron chi connectivity index (χ0n) is 22.2. The van der Waals surface area contributed by atoms with Gasteiger partial charge in [-0.25, -0.2) is 14.2 Å².